The Hall–Kier alpha value is -1.90. The quantitative estimate of drug-likeness (QED) is 0.501. The predicted octanol–water partition coefficient (Wildman–Crippen LogP) is 0.179. The van der Waals surface area contributed by atoms with Crippen LogP contribution in [0.3, 0.4) is 0 Å². The molecular weight excluding hydrogens is 174 g/mol. The monoisotopic (exact) mass is 187 g/mol. The molecule has 0 aliphatic rings. The van der Waals surface area contributed by atoms with Gasteiger partial charge in [-0.25, -0.2) is 10.4 Å². The lowest BCUT2D eigenvalue weighted by Gasteiger charge is -1.97. The van der Waals surface area contributed by atoms with Crippen molar-refractivity contribution < 1.29 is 9.24 Å². The van der Waals surface area contributed by atoms with Crippen molar-refractivity contribution in [1.29, 1.82) is 0 Å². The first-order valence-corrected chi connectivity index (χ1v) is 4.48. The Kier molecular flexibility index (Phi) is 2.14. The highest BCUT2D eigenvalue weighted by atomic mass is 15.3. The second kappa shape index (κ2) is 3.46. The second-order valence-corrected chi connectivity index (χ2v) is 3.29. The molecule has 0 aliphatic heterocycles. The van der Waals surface area contributed by atoms with Gasteiger partial charge in [-0.2, -0.15) is 0 Å². The SMILES string of the molecule is C[n+]1ccc(-c2cc[n+](N)cc2)cc1. The van der Waals surface area contributed by atoms with Crippen molar-refractivity contribution in [3.63, 3.8) is 0 Å². The summed E-state index contributed by atoms with van der Waals surface area (Å²) in [6.07, 6.45) is 7.72. The minimum Gasteiger partial charge on any atom is -0.208 e. The summed E-state index contributed by atoms with van der Waals surface area (Å²) < 4.78 is 3.54. The number of rotatable bonds is 1. The van der Waals surface area contributed by atoms with Gasteiger partial charge in [0.05, 0.1) is 0 Å². The van der Waals surface area contributed by atoms with E-state index in [0.29, 0.717) is 0 Å². The maximum atomic E-state index is 5.54. The van der Waals surface area contributed by atoms with E-state index in [9.17, 15) is 0 Å². The number of nitrogens with zero attached hydrogens (tertiary/aromatic N) is 2. The van der Waals surface area contributed by atoms with Crippen LogP contribution in [0.15, 0.2) is 49.1 Å². The summed E-state index contributed by atoms with van der Waals surface area (Å²) >= 11 is 0. The summed E-state index contributed by atoms with van der Waals surface area (Å²) in [6.45, 7) is 0. The molecule has 0 bridgehead atoms. The van der Waals surface area contributed by atoms with Crippen molar-refractivity contribution >= 4 is 0 Å². The lowest BCUT2D eigenvalue weighted by atomic mass is 10.1. The van der Waals surface area contributed by atoms with Gasteiger partial charge in [-0.05, 0) is 11.1 Å². The third-order valence-electron chi connectivity index (χ3n) is 2.16. The van der Waals surface area contributed by atoms with Crippen molar-refractivity contribution in [2.45, 2.75) is 0 Å². The molecule has 0 atom stereocenters. The van der Waals surface area contributed by atoms with Gasteiger partial charge in [0, 0.05) is 24.3 Å². The maximum Gasteiger partial charge on any atom is 0.199 e. The second-order valence-electron chi connectivity index (χ2n) is 3.29. The fourth-order valence-electron chi connectivity index (χ4n) is 1.32. The van der Waals surface area contributed by atoms with Crippen molar-refractivity contribution in [1.82, 2.24) is 0 Å². The van der Waals surface area contributed by atoms with Crippen LogP contribution < -0.4 is 15.1 Å². The van der Waals surface area contributed by atoms with E-state index in [1.807, 2.05) is 48.5 Å². The van der Waals surface area contributed by atoms with Crippen molar-refractivity contribution in [2.75, 3.05) is 5.84 Å². The van der Waals surface area contributed by atoms with Gasteiger partial charge in [-0.3, -0.25) is 0 Å². The normalized spacial score (nSPS) is 10.1. The van der Waals surface area contributed by atoms with Gasteiger partial charge >= 0.3 is 0 Å². The van der Waals surface area contributed by atoms with Crippen LogP contribution >= 0.6 is 0 Å². The van der Waals surface area contributed by atoms with Gasteiger partial charge in [0.25, 0.3) is 0 Å². The molecular formula is C11H13N3+2. The molecule has 2 aromatic rings. The smallest absolute Gasteiger partial charge is 0.199 e. The third kappa shape index (κ3) is 1.71. The van der Waals surface area contributed by atoms with Crippen LogP contribution in [0.2, 0.25) is 0 Å². The van der Waals surface area contributed by atoms with E-state index in [0.717, 1.165) is 0 Å². The molecule has 0 unspecified atom stereocenters. The Morgan fingerprint density at radius 2 is 1.29 bits per heavy atom. The van der Waals surface area contributed by atoms with Gasteiger partial charge in [0.2, 0.25) is 0 Å². The zero-order chi connectivity index (χ0) is 9.97. The highest BCUT2D eigenvalue weighted by Crippen LogP contribution is 2.14. The summed E-state index contributed by atoms with van der Waals surface area (Å²) in [4.78, 5) is 0. The van der Waals surface area contributed by atoms with Crippen LogP contribution in [0, 0.1) is 0 Å². The van der Waals surface area contributed by atoms with E-state index in [2.05, 4.69) is 12.1 Å². The van der Waals surface area contributed by atoms with Crippen molar-refractivity contribution in [2.24, 2.45) is 7.05 Å². The summed E-state index contributed by atoms with van der Waals surface area (Å²) in [5, 5.41) is 0. The van der Waals surface area contributed by atoms with Crippen molar-refractivity contribution in [3.05, 3.63) is 49.1 Å². The Morgan fingerprint density at radius 3 is 1.79 bits per heavy atom. The summed E-state index contributed by atoms with van der Waals surface area (Å²) in [5.74, 6) is 5.54. The standard InChI is InChI=1S/C11H12N3/c1-13-6-2-10(3-7-13)11-4-8-14(12)9-5-11/h2-9,12H,1H3/q+1/p+1. The zero-order valence-corrected chi connectivity index (χ0v) is 8.09. The van der Waals surface area contributed by atoms with E-state index in [1.54, 1.807) is 0 Å². The first kappa shape index (κ1) is 8.69. The number of pyridine rings is 2. The summed E-state index contributed by atoms with van der Waals surface area (Å²) in [5.41, 5.74) is 2.37. The molecule has 3 nitrogen and oxygen atoms in total. The fraction of sp³-hybridized carbons (Fsp3) is 0.0909. The number of hydrogen-bond acceptors (Lipinski definition) is 1. The molecule has 0 amide bonds. The summed E-state index contributed by atoms with van der Waals surface area (Å²) in [7, 11) is 2.00. The topological polar surface area (TPSA) is 33.8 Å². The van der Waals surface area contributed by atoms with Gasteiger partial charge in [-0.1, -0.05) is 4.68 Å². The van der Waals surface area contributed by atoms with E-state index in [-0.39, 0.29) is 0 Å². The fourth-order valence-corrected chi connectivity index (χ4v) is 1.32. The molecule has 2 aromatic heterocycles. The van der Waals surface area contributed by atoms with Gasteiger partial charge in [0.15, 0.2) is 24.8 Å². The Balaban J connectivity index is 2.40. The molecule has 70 valence electrons. The molecule has 0 radical (unpaired) electrons. The van der Waals surface area contributed by atoms with Crippen LogP contribution in [-0.4, -0.2) is 0 Å². The van der Waals surface area contributed by atoms with Crippen molar-refractivity contribution in [3.8, 4) is 11.1 Å². The van der Waals surface area contributed by atoms with E-state index >= 15 is 0 Å². The molecule has 0 aromatic carbocycles. The number of aryl methyl sites for hydroxylation is 1. The average molecular weight is 187 g/mol. The number of hydrogen-bond donors (Lipinski definition) is 1. The molecule has 2 rings (SSSR count). The third-order valence-corrected chi connectivity index (χ3v) is 2.16. The Morgan fingerprint density at radius 1 is 0.857 bits per heavy atom. The average Bonchev–Trinajstić information content (AvgIpc) is 2.21. The van der Waals surface area contributed by atoms with Gasteiger partial charge in [0.1, 0.15) is 7.05 Å². The van der Waals surface area contributed by atoms with Gasteiger partial charge < -0.3 is 0 Å². The van der Waals surface area contributed by atoms with E-state index < -0.39 is 0 Å². The van der Waals surface area contributed by atoms with Crippen LogP contribution in [0.25, 0.3) is 11.1 Å². The predicted molar refractivity (Wildman–Crippen MR) is 53.4 cm³/mol. The molecule has 14 heavy (non-hydrogen) atoms. The van der Waals surface area contributed by atoms with E-state index in [4.69, 9.17) is 5.84 Å². The Bertz CT molecular complexity index is 374. The minimum absolute atomic E-state index is 1.17. The molecule has 0 saturated carbocycles. The lowest BCUT2D eigenvalue weighted by Crippen LogP contribution is -2.43. The minimum atomic E-state index is 1.17. The first-order valence-electron chi connectivity index (χ1n) is 4.48. The van der Waals surface area contributed by atoms with E-state index in [1.165, 1.54) is 15.8 Å². The summed E-state index contributed by atoms with van der Waals surface area (Å²) in [6, 6.07) is 8.15. The zero-order valence-electron chi connectivity index (χ0n) is 8.09. The molecule has 0 spiro atoms. The molecule has 0 fully saturated rings. The van der Waals surface area contributed by atoms with Crippen LogP contribution in [0.4, 0.5) is 0 Å². The lowest BCUT2D eigenvalue weighted by molar-refractivity contribution is -0.671. The number of aromatic nitrogens is 2. The van der Waals surface area contributed by atoms with Crippen LogP contribution in [0.5, 0.6) is 0 Å². The molecule has 2 heterocycles. The largest absolute Gasteiger partial charge is 0.208 e. The molecule has 2 N–H and O–H groups in total. The van der Waals surface area contributed by atoms with Gasteiger partial charge in [-0.15, -0.1) is 0 Å². The first-order chi connectivity index (χ1) is 6.75. The molecule has 0 saturated heterocycles. The maximum absolute atomic E-state index is 5.54. The van der Waals surface area contributed by atoms with Crippen LogP contribution in [0.1, 0.15) is 0 Å². The highest BCUT2D eigenvalue weighted by molar-refractivity contribution is 5.60. The highest BCUT2D eigenvalue weighted by Gasteiger charge is 2.01. The van der Waals surface area contributed by atoms with Crippen LogP contribution in [-0.2, 0) is 7.05 Å². The molecule has 0 aliphatic carbocycles. The number of nitrogens with two attached hydrogens (primary N) is 1. The molecule has 3 heteroatoms. The number of nitrogen functional groups attached to an aromatic ring is 1. The Labute approximate surface area is 83.0 Å².